The van der Waals surface area contributed by atoms with Crippen molar-refractivity contribution < 1.29 is 9.90 Å². The van der Waals surface area contributed by atoms with Crippen LogP contribution >= 0.6 is 11.5 Å². The van der Waals surface area contributed by atoms with E-state index in [9.17, 15) is 4.79 Å². The average Bonchev–Trinajstić information content (AvgIpc) is 2.57. The first kappa shape index (κ1) is 8.89. The summed E-state index contributed by atoms with van der Waals surface area (Å²) in [6.07, 6.45) is 1.85. The predicted octanol–water partition coefficient (Wildman–Crippen LogP) is 0.381. The van der Waals surface area contributed by atoms with Crippen molar-refractivity contribution in [1.82, 2.24) is 8.77 Å². The zero-order valence-corrected chi connectivity index (χ0v) is 7.94. The quantitative estimate of drug-likeness (QED) is 0.777. The van der Waals surface area contributed by atoms with Gasteiger partial charge in [-0.2, -0.15) is 4.98 Å². The van der Waals surface area contributed by atoms with Crippen molar-refractivity contribution in [2.75, 3.05) is 6.54 Å². The molecule has 6 heteroatoms. The summed E-state index contributed by atoms with van der Waals surface area (Å²) >= 11 is 1.31. The van der Waals surface area contributed by atoms with Gasteiger partial charge in [-0.15, -0.1) is 0 Å². The number of carboxylic acid groups (broad SMARTS) is 1. The van der Waals surface area contributed by atoms with Gasteiger partial charge in [-0.1, -0.05) is 6.07 Å². The van der Waals surface area contributed by atoms with Crippen LogP contribution in [0.1, 0.15) is 0 Å². The fraction of sp³-hybridized carbons (Fsp3) is 0.125. The van der Waals surface area contributed by atoms with E-state index in [0.717, 1.165) is 5.65 Å². The monoisotopic (exact) mass is 209 g/mol. The van der Waals surface area contributed by atoms with Crippen molar-refractivity contribution in [3.05, 3.63) is 29.2 Å². The number of hydrogen-bond acceptors (Lipinski definition) is 4. The van der Waals surface area contributed by atoms with Crippen LogP contribution in [0.2, 0.25) is 0 Å². The summed E-state index contributed by atoms with van der Waals surface area (Å²) in [6, 6.07) is 5.60. The number of aromatic nitrogens is 2. The molecule has 5 nitrogen and oxygen atoms in total. The second kappa shape index (κ2) is 3.59. The predicted molar refractivity (Wildman–Crippen MR) is 51.1 cm³/mol. The van der Waals surface area contributed by atoms with Crippen LogP contribution in [0.4, 0.5) is 0 Å². The lowest BCUT2D eigenvalue weighted by Gasteiger charge is -1.84. The Balaban J connectivity index is 2.44. The molecule has 1 N–H and O–H groups in total. The molecule has 0 fully saturated rings. The average molecular weight is 209 g/mol. The van der Waals surface area contributed by atoms with E-state index in [0.29, 0.717) is 4.80 Å². The van der Waals surface area contributed by atoms with Crippen molar-refractivity contribution in [2.24, 2.45) is 4.99 Å². The third-order valence-electron chi connectivity index (χ3n) is 1.54. The molecule has 0 spiro atoms. The van der Waals surface area contributed by atoms with Gasteiger partial charge in [-0.3, -0.25) is 8.58 Å². The van der Waals surface area contributed by atoms with Gasteiger partial charge in [0.15, 0.2) is 0 Å². The molecular weight excluding hydrogens is 202 g/mol. The highest BCUT2D eigenvalue weighted by atomic mass is 32.1. The number of aliphatic carboxylic acids is 1. The molecular formula is C8H7N3O2S. The van der Waals surface area contributed by atoms with Crippen molar-refractivity contribution >= 4 is 23.1 Å². The Morgan fingerprint density at radius 1 is 1.64 bits per heavy atom. The van der Waals surface area contributed by atoms with Gasteiger partial charge in [0.05, 0.1) is 0 Å². The van der Waals surface area contributed by atoms with Crippen LogP contribution in [0.3, 0.4) is 0 Å². The number of hydrogen-bond donors (Lipinski definition) is 1. The first-order valence-electron chi connectivity index (χ1n) is 3.93. The zero-order chi connectivity index (χ0) is 9.97. The minimum absolute atomic E-state index is 0.236. The molecule has 0 saturated carbocycles. The summed E-state index contributed by atoms with van der Waals surface area (Å²) in [7, 11) is 0. The smallest absolute Gasteiger partial charge is 0.325 e. The zero-order valence-electron chi connectivity index (χ0n) is 7.12. The molecule has 2 aromatic rings. The van der Waals surface area contributed by atoms with E-state index in [4.69, 9.17) is 5.11 Å². The molecule has 2 aromatic heterocycles. The molecule has 0 aromatic carbocycles. The molecule has 0 amide bonds. The van der Waals surface area contributed by atoms with Crippen LogP contribution in [0.5, 0.6) is 0 Å². The number of rotatable bonds is 2. The highest BCUT2D eigenvalue weighted by Crippen LogP contribution is 1.98. The van der Waals surface area contributed by atoms with Crippen LogP contribution in [-0.4, -0.2) is 26.4 Å². The number of fused-ring (bicyclic) bond motifs is 1. The highest BCUT2D eigenvalue weighted by molar-refractivity contribution is 7.03. The third-order valence-corrected chi connectivity index (χ3v) is 2.43. The summed E-state index contributed by atoms with van der Waals surface area (Å²) in [5, 5.41) is 8.43. The maximum atomic E-state index is 10.3. The summed E-state index contributed by atoms with van der Waals surface area (Å²) < 4.78 is 1.83. The van der Waals surface area contributed by atoms with E-state index < -0.39 is 5.97 Å². The maximum absolute atomic E-state index is 10.3. The number of carbonyl (C=O) groups is 1. The van der Waals surface area contributed by atoms with Crippen molar-refractivity contribution in [2.45, 2.75) is 0 Å². The van der Waals surface area contributed by atoms with E-state index in [2.05, 4.69) is 9.98 Å². The molecule has 0 saturated heterocycles. The van der Waals surface area contributed by atoms with Gasteiger partial charge in [0.2, 0.25) is 4.80 Å². The summed E-state index contributed by atoms with van der Waals surface area (Å²) in [5.74, 6) is -0.950. The third kappa shape index (κ3) is 1.80. The topological polar surface area (TPSA) is 67.0 Å². The molecule has 14 heavy (non-hydrogen) atoms. The van der Waals surface area contributed by atoms with E-state index in [1.165, 1.54) is 11.5 Å². The first-order chi connectivity index (χ1) is 6.75. The van der Waals surface area contributed by atoms with E-state index >= 15 is 0 Å². The SMILES string of the molecule is O=C(O)CN=c1nc2ccccn2s1. The van der Waals surface area contributed by atoms with Gasteiger partial charge in [0.1, 0.15) is 12.2 Å². The Morgan fingerprint density at radius 3 is 3.21 bits per heavy atom. The van der Waals surface area contributed by atoms with Crippen molar-refractivity contribution in [3.63, 3.8) is 0 Å². The lowest BCUT2D eigenvalue weighted by atomic mass is 10.5. The molecule has 0 radical (unpaired) electrons. The fourth-order valence-electron chi connectivity index (χ4n) is 0.989. The van der Waals surface area contributed by atoms with Gasteiger partial charge in [0.25, 0.3) is 0 Å². The van der Waals surface area contributed by atoms with Gasteiger partial charge in [-0.25, -0.2) is 4.99 Å². The molecule has 2 heterocycles. The summed E-state index contributed by atoms with van der Waals surface area (Å²) in [5.41, 5.74) is 0.779. The van der Waals surface area contributed by atoms with E-state index in [1.807, 2.05) is 28.2 Å². The maximum Gasteiger partial charge on any atom is 0.325 e. The Morgan fingerprint density at radius 2 is 2.50 bits per heavy atom. The Labute approximate surface area is 83.1 Å². The lowest BCUT2D eigenvalue weighted by Crippen LogP contribution is -2.05. The van der Waals surface area contributed by atoms with E-state index in [-0.39, 0.29) is 6.54 Å². The highest BCUT2D eigenvalue weighted by Gasteiger charge is 1.96. The molecule has 0 unspecified atom stereocenters. The van der Waals surface area contributed by atoms with Crippen LogP contribution < -0.4 is 4.80 Å². The van der Waals surface area contributed by atoms with Gasteiger partial charge in [0, 0.05) is 6.20 Å². The number of nitrogens with zero attached hydrogens (tertiary/aromatic N) is 3. The van der Waals surface area contributed by atoms with Gasteiger partial charge >= 0.3 is 5.97 Å². The van der Waals surface area contributed by atoms with Crippen LogP contribution in [0.25, 0.3) is 5.65 Å². The Hall–Kier alpha value is -1.69. The molecule has 0 atom stereocenters. The van der Waals surface area contributed by atoms with Crippen LogP contribution in [0, 0.1) is 0 Å². The van der Waals surface area contributed by atoms with E-state index in [1.54, 1.807) is 0 Å². The molecule has 0 aliphatic rings. The summed E-state index contributed by atoms with van der Waals surface area (Å²) in [4.78, 5) is 18.7. The van der Waals surface area contributed by atoms with Crippen LogP contribution in [0.15, 0.2) is 29.4 Å². The molecule has 0 bridgehead atoms. The number of pyridine rings is 1. The molecule has 0 aliphatic heterocycles. The lowest BCUT2D eigenvalue weighted by molar-refractivity contribution is -0.135. The van der Waals surface area contributed by atoms with Gasteiger partial charge in [-0.05, 0) is 23.7 Å². The Bertz CT molecular complexity index is 492. The minimum Gasteiger partial charge on any atom is -0.480 e. The van der Waals surface area contributed by atoms with Gasteiger partial charge < -0.3 is 5.11 Å². The summed E-state index contributed by atoms with van der Waals surface area (Å²) in [6.45, 7) is -0.236. The first-order valence-corrected chi connectivity index (χ1v) is 4.70. The van der Waals surface area contributed by atoms with Crippen molar-refractivity contribution in [3.8, 4) is 0 Å². The molecule has 2 rings (SSSR count). The normalized spacial score (nSPS) is 12.1. The number of carboxylic acids is 1. The van der Waals surface area contributed by atoms with Crippen LogP contribution in [-0.2, 0) is 4.79 Å². The fourth-order valence-corrected chi connectivity index (χ4v) is 1.75. The second-order valence-corrected chi connectivity index (χ2v) is 3.52. The largest absolute Gasteiger partial charge is 0.480 e. The van der Waals surface area contributed by atoms with Crippen molar-refractivity contribution in [1.29, 1.82) is 0 Å². The second-order valence-electron chi connectivity index (χ2n) is 2.58. The molecule has 0 aliphatic carbocycles. The molecule has 72 valence electrons. The Kier molecular flexibility index (Phi) is 2.28. The minimum atomic E-state index is -0.950. The standard InChI is InChI=1S/C8H7N3O2S/c12-7(13)5-9-8-10-6-3-1-2-4-11(6)14-8/h1-4H,5H2,(H,12,13).